The van der Waals surface area contributed by atoms with Gasteiger partial charge in [0.05, 0.1) is 7.11 Å². The number of benzene rings is 2. The van der Waals surface area contributed by atoms with Gasteiger partial charge >= 0.3 is 0 Å². The second-order valence-corrected chi connectivity index (χ2v) is 7.26. The lowest BCUT2D eigenvalue weighted by molar-refractivity contribution is -0.134. The second-order valence-electron chi connectivity index (χ2n) is 7.26. The van der Waals surface area contributed by atoms with Gasteiger partial charge in [-0.15, -0.1) is 0 Å². The van der Waals surface area contributed by atoms with Gasteiger partial charge in [-0.25, -0.2) is 0 Å². The predicted molar refractivity (Wildman–Crippen MR) is 108 cm³/mol. The van der Waals surface area contributed by atoms with Gasteiger partial charge in [0.2, 0.25) is 0 Å². The minimum Gasteiger partial charge on any atom is -0.493 e. The molecule has 1 saturated heterocycles. The summed E-state index contributed by atoms with van der Waals surface area (Å²) in [7, 11) is 1.57. The molecule has 1 fully saturated rings. The number of methoxy groups -OCH3 is 1. The first-order valence-corrected chi connectivity index (χ1v) is 9.64. The number of Topliss-reactive ketones (excluding diaryl/α,β-unsaturated/α-hetero) is 1. The molecule has 0 aromatic heterocycles. The van der Waals surface area contributed by atoms with Gasteiger partial charge < -0.3 is 14.4 Å². The van der Waals surface area contributed by atoms with Gasteiger partial charge in [-0.2, -0.15) is 0 Å². The number of ether oxygens (including phenoxy) is 2. The van der Waals surface area contributed by atoms with Crippen LogP contribution in [-0.2, 0) is 4.79 Å². The van der Waals surface area contributed by atoms with E-state index in [9.17, 15) is 9.59 Å². The van der Waals surface area contributed by atoms with Gasteiger partial charge in [0.1, 0.15) is 0 Å². The van der Waals surface area contributed by atoms with E-state index in [1.54, 1.807) is 24.1 Å². The van der Waals surface area contributed by atoms with Gasteiger partial charge in [-0.05, 0) is 56.0 Å². The number of likely N-dealkylation sites (tertiary alicyclic amines) is 1. The molecule has 0 unspecified atom stereocenters. The van der Waals surface area contributed by atoms with Crippen molar-refractivity contribution < 1.29 is 19.1 Å². The van der Waals surface area contributed by atoms with Crippen LogP contribution in [0.4, 0.5) is 0 Å². The Labute approximate surface area is 166 Å². The fourth-order valence-corrected chi connectivity index (χ4v) is 3.49. The number of carbonyl (C=O) groups excluding carboxylic acids is 2. The summed E-state index contributed by atoms with van der Waals surface area (Å²) < 4.78 is 10.9. The van der Waals surface area contributed by atoms with E-state index in [4.69, 9.17) is 9.47 Å². The predicted octanol–water partition coefficient (Wildman–Crippen LogP) is 3.81. The first-order chi connectivity index (χ1) is 13.5. The Morgan fingerprint density at radius 3 is 2.32 bits per heavy atom. The molecule has 1 aliphatic heterocycles. The largest absolute Gasteiger partial charge is 0.493 e. The van der Waals surface area contributed by atoms with Crippen LogP contribution in [0.5, 0.6) is 11.5 Å². The van der Waals surface area contributed by atoms with E-state index >= 15 is 0 Å². The molecule has 1 amide bonds. The second kappa shape index (κ2) is 8.91. The lowest BCUT2D eigenvalue weighted by atomic mass is 9.88. The van der Waals surface area contributed by atoms with Gasteiger partial charge in [0, 0.05) is 24.6 Å². The fourth-order valence-electron chi connectivity index (χ4n) is 3.49. The number of para-hydroxylation sites is 2. The Morgan fingerprint density at radius 1 is 1.00 bits per heavy atom. The lowest BCUT2D eigenvalue weighted by Crippen LogP contribution is -2.42. The number of nitrogens with zero attached hydrogens (tertiary/aromatic N) is 1. The Bertz CT molecular complexity index is 853. The molecule has 2 aromatic rings. The molecule has 2 aromatic carbocycles. The molecule has 1 heterocycles. The zero-order valence-electron chi connectivity index (χ0n) is 16.7. The van der Waals surface area contributed by atoms with Crippen molar-refractivity contribution in [2.45, 2.75) is 26.7 Å². The topological polar surface area (TPSA) is 55.8 Å². The van der Waals surface area contributed by atoms with Crippen molar-refractivity contribution in [3.8, 4) is 11.5 Å². The highest BCUT2D eigenvalue weighted by Gasteiger charge is 2.28. The summed E-state index contributed by atoms with van der Waals surface area (Å²) in [5, 5.41) is 0. The van der Waals surface area contributed by atoms with Crippen molar-refractivity contribution in [1.82, 2.24) is 4.90 Å². The Hall–Kier alpha value is -2.82. The van der Waals surface area contributed by atoms with Crippen LogP contribution in [0, 0.1) is 19.8 Å². The third kappa shape index (κ3) is 4.53. The lowest BCUT2D eigenvalue weighted by Gasteiger charge is -2.31. The van der Waals surface area contributed by atoms with Crippen molar-refractivity contribution in [1.29, 1.82) is 0 Å². The number of rotatable bonds is 6. The summed E-state index contributed by atoms with van der Waals surface area (Å²) in [6.45, 7) is 5.19. The van der Waals surface area contributed by atoms with E-state index in [1.807, 2.05) is 44.2 Å². The first-order valence-electron chi connectivity index (χ1n) is 9.64. The van der Waals surface area contributed by atoms with Crippen LogP contribution >= 0.6 is 0 Å². The van der Waals surface area contributed by atoms with Crippen LogP contribution < -0.4 is 9.47 Å². The maximum atomic E-state index is 12.8. The first kappa shape index (κ1) is 19.9. The SMILES string of the molecule is COc1ccccc1OCC(=O)N1CCC(C(=O)c2ccc(C)c(C)c2)CC1. The molecule has 0 aliphatic carbocycles. The van der Waals surface area contributed by atoms with Crippen molar-refractivity contribution >= 4 is 11.7 Å². The van der Waals surface area contributed by atoms with Crippen LogP contribution in [0.2, 0.25) is 0 Å². The summed E-state index contributed by atoms with van der Waals surface area (Å²) in [5.74, 6) is 1.25. The molecule has 5 heteroatoms. The van der Waals surface area contributed by atoms with Crippen LogP contribution in [0.15, 0.2) is 42.5 Å². The fraction of sp³-hybridized carbons (Fsp3) is 0.391. The summed E-state index contributed by atoms with van der Waals surface area (Å²) >= 11 is 0. The van der Waals surface area contributed by atoms with Gasteiger partial charge in [0.15, 0.2) is 23.9 Å². The summed E-state index contributed by atoms with van der Waals surface area (Å²) in [6, 6.07) is 13.1. The number of ketones is 1. The summed E-state index contributed by atoms with van der Waals surface area (Å²) in [5.41, 5.74) is 3.09. The highest BCUT2D eigenvalue weighted by Crippen LogP contribution is 2.26. The molecule has 0 N–H and O–H groups in total. The number of amides is 1. The van der Waals surface area contributed by atoms with E-state index in [0.29, 0.717) is 37.4 Å². The van der Waals surface area contributed by atoms with Crippen LogP contribution in [0.25, 0.3) is 0 Å². The summed E-state index contributed by atoms with van der Waals surface area (Å²) in [4.78, 5) is 27.0. The van der Waals surface area contributed by atoms with Crippen molar-refractivity contribution in [2.24, 2.45) is 5.92 Å². The molecule has 0 saturated carbocycles. The van der Waals surface area contributed by atoms with E-state index in [1.165, 1.54) is 5.56 Å². The van der Waals surface area contributed by atoms with Gasteiger partial charge in [-0.1, -0.05) is 24.3 Å². The molecule has 0 atom stereocenters. The maximum absolute atomic E-state index is 12.8. The zero-order valence-corrected chi connectivity index (χ0v) is 16.7. The molecular formula is C23H27NO4. The standard InChI is InChI=1S/C23H27NO4/c1-16-8-9-19(14-17(16)2)23(26)18-10-12-24(13-11-18)22(25)15-28-21-7-5-4-6-20(21)27-3/h4-9,14,18H,10-13,15H2,1-3H3. The smallest absolute Gasteiger partial charge is 0.260 e. The van der Waals surface area contributed by atoms with Crippen LogP contribution in [0.1, 0.15) is 34.3 Å². The Kier molecular flexibility index (Phi) is 6.34. The molecule has 1 aliphatic rings. The van der Waals surface area contributed by atoms with E-state index < -0.39 is 0 Å². The number of hydrogen-bond donors (Lipinski definition) is 0. The van der Waals surface area contributed by atoms with Crippen LogP contribution in [0.3, 0.4) is 0 Å². The average Bonchev–Trinajstić information content (AvgIpc) is 2.73. The monoisotopic (exact) mass is 381 g/mol. The number of piperidine rings is 1. The number of aryl methyl sites for hydroxylation is 2. The maximum Gasteiger partial charge on any atom is 0.260 e. The molecule has 3 rings (SSSR count). The van der Waals surface area contributed by atoms with Gasteiger partial charge in [0.25, 0.3) is 5.91 Å². The molecule has 28 heavy (non-hydrogen) atoms. The van der Waals surface area contributed by atoms with Gasteiger partial charge in [-0.3, -0.25) is 9.59 Å². The summed E-state index contributed by atoms with van der Waals surface area (Å²) in [6.07, 6.45) is 1.37. The van der Waals surface area contributed by atoms with E-state index in [-0.39, 0.29) is 24.2 Å². The van der Waals surface area contributed by atoms with E-state index in [2.05, 4.69) is 0 Å². The molecular weight excluding hydrogens is 354 g/mol. The average molecular weight is 381 g/mol. The highest BCUT2D eigenvalue weighted by molar-refractivity contribution is 5.98. The third-order valence-electron chi connectivity index (χ3n) is 5.43. The Morgan fingerprint density at radius 2 is 1.68 bits per heavy atom. The highest BCUT2D eigenvalue weighted by atomic mass is 16.5. The molecule has 0 spiro atoms. The normalized spacial score (nSPS) is 14.6. The molecule has 0 radical (unpaired) electrons. The van der Waals surface area contributed by atoms with Crippen molar-refractivity contribution in [3.63, 3.8) is 0 Å². The van der Waals surface area contributed by atoms with Crippen LogP contribution in [-0.4, -0.2) is 43.4 Å². The molecule has 148 valence electrons. The minimum atomic E-state index is -0.0667. The molecule has 0 bridgehead atoms. The number of carbonyl (C=O) groups is 2. The Balaban J connectivity index is 1.52. The third-order valence-corrected chi connectivity index (χ3v) is 5.43. The molecule has 5 nitrogen and oxygen atoms in total. The zero-order chi connectivity index (χ0) is 20.1. The number of hydrogen-bond acceptors (Lipinski definition) is 4. The quantitative estimate of drug-likeness (QED) is 0.714. The van der Waals surface area contributed by atoms with Crippen molar-refractivity contribution in [2.75, 3.05) is 26.8 Å². The van der Waals surface area contributed by atoms with Crippen molar-refractivity contribution in [3.05, 3.63) is 59.2 Å². The van der Waals surface area contributed by atoms with E-state index in [0.717, 1.165) is 11.1 Å². The minimum absolute atomic E-state index is 0.0266.